The molecule has 0 saturated carbocycles. The molecule has 0 spiro atoms. The molecule has 0 aliphatic rings. The van der Waals surface area contributed by atoms with Gasteiger partial charge in [0.1, 0.15) is 23.0 Å². The number of anilines is 4. The van der Waals surface area contributed by atoms with Crippen molar-refractivity contribution in [2.24, 2.45) is 0 Å². The first-order chi connectivity index (χ1) is 33.6. The molecule has 362 valence electrons. The van der Waals surface area contributed by atoms with E-state index in [1.54, 1.807) is 6.07 Å². The number of hydrogen-bond acceptors (Lipinski definition) is 8. The van der Waals surface area contributed by atoms with Gasteiger partial charge in [-0.25, -0.2) is 0 Å². The molecule has 0 unspecified atom stereocenters. The Morgan fingerprint density at radius 3 is 0.930 bits per heavy atom. The molecule has 8 aromatic carbocycles. The number of phenolic OH excluding ortho intramolecular Hbond substituents is 4. The summed E-state index contributed by atoms with van der Waals surface area (Å²) in [4.78, 5) is 8.82. The van der Waals surface area contributed by atoms with Gasteiger partial charge in [-0.05, 0) is 51.8 Å². The van der Waals surface area contributed by atoms with Gasteiger partial charge in [0, 0.05) is 146 Å². The zero-order valence-electron chi connectivity index (χ0n) is 41.6. The van der Waals surface area contributed by atoms with Crippen LogP contribution in [-0.4, -0.2) is 40.1 Å². The number of hydrogen-bond donors (Lipinski definition) is 4. The normalized spacial score (nSPS) is 10.2. The summed E-state index contributed by atoms with van der Waals surface area (Å²) in [5.41, 5.74) is 10.7. The number of nitrogens with zero attached hydrogens (tertiary/aromatic N) is 4. The van der Waals surface area contributed by atoms with Crippen LogP contribution < -0.4 is 19.6 Å². The number of aryl methyl sites for hydroxylation is 2. The Hall–Kier alpha value is -5.63. The third-order valence-electron chi connectivity index (χ3n) is 12.1. The van der Waals surface area contributed by atoms with Crippen molar-refractivity contribution in [3.8, 4) is 23.0 Å². The molecule has 4 N–H and O–H groups in total. The van der Waals surface area contributed by atoms with E-state index < -0.39 is 0 Å². The fraction of sp³-hybridized carbons (Fsp3) is 0.213. The Bertz CT molecular complexity index is 2770. The Labute approximate surface area is 473 Å². The van der Waals surface area contributed by atoms with Crippen molar-refractivity contribution in [3.05, 3.63) is 239 Å². The maximum absolute atomic E-state index is 11.2. The molecule has 0 aromatic heterocycles. The summed E-state index contributed by atoms with van der Waals surface area (Å²) in [5, 5.41) is 41.7. The average Bonchev–Trinajstić information content (AvgIpc) is 3.39. The Kier molecular flexibility index (Phi) is 24.7. The number of rotatable bonds is 17. The van der Waals surface area contributed by atoms with Crippen molar-refractivity contribution >= 4 is 22.7 Å². The second-order valence-electron chi connectivity index (χ2n) is 16.7. The van der Waals surface area contributed by atoms with Gasteiger partial charge in [0.2, 0.25) is 0 Å². The number of phenols is 4. The number of benzene rings is 8. The molecule has 0 heterocycles. The zero-order chi connectivity index (χ0) is 49.0. The van der Waals surface area contributed by atoms with Gasteiger partial charge >= 0.3 is 0 Å². The van der Waals surface area contributed by atoms with Gasteiger partial charge in [0.25, 0.3) is 0 Å². The molecule has 8 aromatic rings. The Morgan fingerprint density at radius 2 is 0.592 bits per heavy atom. The van der Waals surface area contributed by atoms with Crippen LogP contribution in [-0.2, 0) is 98.1 Å². The molecule has 0 aliphatic carbocycles. The maximum atomic E-state index is 11.2. The molecule has 0 saturated heterocycles. The quantitative estimate of drug-likeness (QED) is 0.0670. The topological polar surface area (TPSA) is 93.9 Å². The SMILES string of the molecule is CCN(Cc1cccc(C)c1O)c1cc[c-]cc1.CCN(Cc1cccc(CN(Cc2cccc(C)c2O)c2cc[c-]cc2)c1O)c1cc[c-]cc1.CCN(Cc1ccccc1O)c1cc[c-]cc1.[Y].[Y]. The molecule has 0 fully saturated rings. The molecule has 0 atom stereocenters. The van der Waals surface area contributed by atoms with Crippen molar-refractivity contribution in [1.29, 1.82) is 0 Å². The third-order valence-corrected chi connectivity index (χ3v) is 12.1. The van der Waals surface area contributed by atoms with Gasteiger partial charge < -0.3 is 40.0 Å². The molecule has 71 heavy (non-hydrogen) atoms. The van der Waals surface area contributed by atoms with E-state index in [1.807, 2.05) is 184 Å². The van der Waals surface area contributed by atoms with E-state index in [0.29, 0.717) is 55.7 Å². The Balaban J connectivity index is 0.000000250. The fourth-order valence-electron chi connectivity index (χ4n) is 8.02. The van der Waals surface area contributed by atoms with Crippen LogP contribution >= 0.6 is 0 Å². The van der Waals surface area contributed by atoms with Crippen molar-refractivity contribution < 1.29 is 85.8 Å². The summed E-state index contributed by atoms with van der Waals surface area (Å²) < 4.78 is 0. The second kappa shape index (κ2) is 30.3. The molecule has 0 bridgehead atoms. The van der Waals surface area contributed by atoms with Crippen LogP contribution in [0.1, 0.15) is 59.7 Å². The molecular weight excluding hydrogens is 1030 g/mol. The monoisotopic (exact) mass is 1090 g/mol. The first-order valence-electron chi connectivity index (χ1n) is 23.6. The van der Waals surface area contributed by atoms with Crippen molar-refractivity contribution in [2.45, 2.75) is 67.3 Å². The molecule has 0 aliphatic heterocycles. The third kappa shape index (κ3) is 17.0. The predicted molar refractivity (Wildman–Crippen MR) is 283 cm³/mol. The summed E-state index contributed by atoms with van der Waals surface area (Å²) >= 11 is 0. The summed E-state index contributed by atoms with van der Waals surface area (Å²) in [7, 11) is 0. The van der Waals surface area contributed by atoms with Crippen LogP contribution in [0.15, 0.2) is 176 Å². The van der Waals surface area contributed by atoms with Crippen molar-refractivity contribution in [3.63, 3.8) is 0 Å². The maximum Gasteiger partial charge on any atom is 0.125 e. The average molecular weight is 1100 g/mol. The standard InChI is InChI=1S/C30H30N2O2.C16H18NO.C15H16NO.2Y/c1-3-31(27-16-6-4-7-17-27)20-25-14-11-15-26(30(25)34)22-32(28-18-8-5-9-19-28)21-24-13-10-12-23(2)29(24)33;1-3-17(15-10-5-4-6-11-15)12-14-9-7-8-13(2)16(14)18;1-2-16(14-9-4-3-5-10-14)12-13-8-6-7-11-15(13)17;;/h6-19,33-34H,3,20-22H2,1-2H3;5-11,18H,3,12H2,1-2H3;4-11,17H,2,12H2,1H3;;/q-2;2*-1;;. The van der Waals surface area contributed by atoms with Gasteiger partial charge in [-0.15, -0.1) is 48.5 Å². The zero-order valence-corrected chi connectivity index (χ0v) is 47.3. The van der Waals surface area contributed by atoms with Gasteiger partial charge in [-0.3, -0.25) is 0 Å². The van der Waals surface area contributed by atoms with Crippen LogP contribution in [0.3, 0.4) is 0 Å². The molecule has 0 amide bonds. The van der Waals surface area contributed by atoms with E-state index in [1.165, 1.54) is 0 Å². The van der Waals surface area contributed by atoms with Gasteiger partial charge in [0.05, 0.1) is 0 Å². The predicted octanol–water partition coefficient (Wildman–Crippen LogP) is 13.0. The molecule has 10 heteroatoms. The first kappa shape index (κ1) is 57.9. The summed E-state index contributed by atoms with van der Waals surface area (Å²) in [5.74, 6) is 1.38. The smallest absolute Gasteiger partial charge is 0.125 e. The molecular formula is C61H64N4O4Y2-4. The Morgan fingerprint density at radius 1 is 0.324 bits per heavy atom. The van der Waals surface area contributed by atoms with Crippen LogP contribution in [0.5, 0.6) is 23.0 Å². The minimum Gasteiger partial charge on any atom is -0.508 e. The second-order valence-corrected chi connectivity index (χ2v) is 16.7. The van der Waals surface area contributed by atoms with Gasteiger partial charge in [-0.2, -0.15) is 72.8 Å². The minimum atomic E-state index is 0. The molecule has 8 rings (SSSR count). The number of aromatic hydroxyl groups is 4. The van der Waals surface area contributed by atoms with E-state index in [0.717, 1.165) is 81.3 Å². The van der Waals surface area contributed by atoms with Crippen LogP contribution in [0.4, 0.5) is 22.7 Å². The van der Waals surface area contributed by atoms with E-state index >= 15 is 0 Å². The number of para-hydroxylation sites is 4. The van der Waals surface area contributed by atoms with Crippen LogP contribution in [0.2, 0.25) is 0 Å². The van der Waals surface area contributed by atoms with E-state index in [9.17, 15) is 20.4 Å². The van der Waals surface area contributed by atoms with Gasteiger partial charge in [0.15, 0.2) is 0 Å². The van der Waals surface area contributed by atoms with E-state index in [4.69, 9.17) is 0 Å². The fourth-order valence-corrected chi connectivity index (χ4v) is 8.02. The van der Waals surface area contributed by atoms with Crippen molar-refractivity contribution in [2.75, 3.05) is 39.2 Å². The van der Waals surface area contributed by atoms with Crippen LogP contribution in [0, 0.1) is 38.1 Å². The summed E-state index contributed by atoms with van der Waals surface area (Å²) in [6, 6.07) is 68.7. The largest absolute Gasteiger partial charge is 0.508 e. The first-order valence-corrected chi connectivity index (χ1v) is 23.6. The summed E-state index contributed by atoms with van der Waals surface area (Å²) in [6.45, 7) is 15.8. The van der Waals surface area contributed by atoms with E-state index in [2.05, 4.69) is 64.6 Å². The van der Waals surface area contributed by atoms with E-state index in [-0.39, 0.29) is 65.4 Å². The van der Waals surface area contributed by atoms with Crippen molar-refractivity contribution in [1.82, 2.24) is 0 Å². The molecule has 2 radical (unpaired) electrons. The van der Waals surface area contributed by atoms with Crippen LogP contribution in [0.25, 0.3) is 0 Å². The summed E-state index contributed by atoms with van der Waals surface area (Å²) in [6.07, 6.45) is 0. The minimum absolute atomic E-state index is 0. The van der Waals surface area contributed by atoms with Gasteiger partial charge in [-0.1, -0.05) is 95.5 Å². The molecule has 8 nitrogen and oxygen atoms in total.